The predicted octanol–water partition coefficient (Wildman–Crippen LogP) is 8.49. The zero-order valence-corrected chi connectivity index (χ0v) is 53.9. The third-order valence-electron chi connectivity index (χ3n) is 16.4. The second kappa shape index (κ2) is 51.2. The maximum Gasteiger partial charge on any atom is 0.220 e. The fourth-order valence-corrected chi connectivity index (χ4v) is 10.9. The van der Waals surface area contributed by atoms with Crippen molar-refractivity contribution in [2.45, 2.75) is 311 Å². The van der Waals surface area contributed by atoms with Gasteiger partial charge in [-0.25, -0.2) is 0 Å². The summed E-state index contributed by atoms with van der Waals surface area (Å²) in [4.78, 5) is 13.2. The molecule has 0 aromatic carbocycles. The lowest BCUT2D eigenvalue weighted by Gasteiger charge is -2.48. The van der Waals surface area contributed by atoms with Gasteiger partial charge in [0.2, 0.25) is 5.91 Å². The molecule has 17 atom stereocenters. The number of hydrogen-bond acceptors (Lipinski definition) is 18. The topological polar surface area (TPSA) is 307 Å². The maximum atomic E-state index is 13.2. The van der Waals surface area contributed by atoms with E-state index in [0.29, 0.717) is 6.42 Å². The molecule has 12 N–H and O–H groups in total. The fourth-order valence-electron chi connectivity index (χ4n) is 10.9. The van der Waals surface area contributed by atoms with Crippen LogP contribution >= 0.6 is 0 Å². The van der Waals surface area contributed by atoms with E-state index in [-0.39, 0.29) is 18.9 Å². The summed E-state index contributed by atoms with van der Waals surface area (Å²) in [7, 11) is 0. The normalized spacial score (nSPS) is 28.8. The lowest BCUT2D eigenvalue weighted by Crippen LogP contribution is -2.66. The highest BCUT2D eigenvalue weighted by atomic mass is 16.8. The molecule has 512 valence electrons. The molecule has 19 heteroatoms. The summed E-state index contributed by atoms with van der Waals surface area (Å²) in [6.45, 7) is 1.46. The van der Waals surface area contributed by atoms with Crippen molar-refractivity contribution in [2.24, 2.45) is 0 Å². The second-order valence-corrected chi connectivity index (χ2v) is 23.9. The minimum Gasteiger partial charge on any atom is -0.394 e. The van der Waals surface area contributed by atoms with E-state index in [1.54, 1.807) is 6.08 Å². The molecule has 3 saturated heterocycles. The summed E-state index contributed by atoms with van der Waals surface area (Å²) in [5.41, 5.74) is 0. The van der Waals surface area contributed by atoms with Gasteiger partial charge in [0.15, 0.2) is 18.9 Å². The van der Waals surface area contributed by atoms with Crippen molar-refractivity contribution in [3.63, 3.8) is 0 Å². The summed E-state index contributed by atoms with van der Waals surface area (Å²) in [5.74, 6) is -0.286. The summed E-state index contributed by atoms with van der Waals surface area (Å²) < 4.78 is 34.1. The van der Waals surface area contributed by atoms with Crippen LogP contribution < -0.4 is 5.32 Å². The van der Waals surface area contributed by atoms with E-state index >= 15 is 0 Å². The minimum absolute atomic E-state index is 0.238. The largest absolute Gasteiger partial charge is 0.394 e. The van der Waals surface area contributed by atoms with E-state index in [1.165, 1.54) is 89.9 Å². The summed E-state index contributed by atoms with van der Waals surface area (Å²) in [6.07, 6.45) is 40.7. The molecular weight excluding hydrogens is 1140 g/mol. The molecule has 3 aliphatic rings. The Morgan fingerprint density at radius 1 is 0.416 bits per heavy atom. The van der Waals surface area contributed by atoms with Gasteiger partial charge in [-0.3, -0.25) is 4.79 Å². The van der Waals surface area contributed by atoms with Gasteiger partial charge >= 0.3 is 0 Å². The third-order valence-corrected chi connectivity index (χ3v) is 16.4. The van der Waals surface area contributed by atoms with Gasteiger partial charge in [0, 0.05) is 6.42 Å². The van der Waals surface area contributed by atoms with Crippen LogP contribution in [-0.4, -0.2) is 193 Å². The van der Waals surface area contributed by atoms with Crippen molar-refractivity contribution in [3.05, 3.63) is 97.2 Å². The number of aliphatic hydroxyl groups is 11. The lowest BCUT2D eigenvalue weighted by atomic mass is 9.96. The lowest BCUT2D eigenvalue weighted by molar-refractivity contribution is -0.379. The van der Waals surface area contributed by atoms with E-state index in [0.717, 1.165) is 89.9 Å². The summed E-state index contributed by atoms with van der Waals surface area (Å²) in [6, 6.07) is -0.972. The molecule has 0 aromatic heterocycles. The molecule has 3 heterocycles. The van der Waals surface area contributed by atoms with Gasteiger partial charge in [-0.2, -0.15) is 0 Å². The van der Waals surface area contributed by atoms with E-state index in [9.17, 15) is 61.0 Å². The Labute approximate surface area is 533 Å². The molecule has 0 spiro atoms. The van der Waals surface area contributed by atoms with Crippen LogP contribution in [0.4, 0.5) is 0 Å². The van der Waals surface area contributed by atoms with E-state index in [2.05, 4.69) is 104 Å². The molecule has 0 aromatic rings. The van der Waals surface area contributed by atoms with Gasteiger partial charge in [-0.15, -0.1) is 0 Å². The van der Waals surface area contributed by atoms with Crippen molar-refractivity contribution in [1.29, 1.82) is 0 Å². The van der Waals surface area contributed by atoms with Gasteiger partial charge in [0.25, 0.3) is 0 Å². The molecule has 19 nitrogen and oxygen atoms in total. The molecule has 3 aliphatic heterocycles. The molecule has 3 rings (SSSR count). The number of aliphatic hydroxyl groups excluding tert-OH is 11. The summed E-state index contributed by atoms with van der Waals surface area (Å²) >= 11 is 0. The Kier molecular flexibility index (Phi) is 46.0. The van der Waals surface area contributed by atoms with Gasteiger partial charge < -0.3 is 89.9 Å². The van der Waals surface area contributed by atoms with Crippen LogP contribution in [0.2, 0.25) is 0 Å². The number of rotatable bonds is 50. The monoisotopic (exact) mass is 1260 g/mol. The van der Waals surface area contributed by atoms with Crippen LogP contribution in [0.1, 0.15) is 206 Å². The maximum absolute atomic E-state index is 13.2. The van der Waals surface area contributed by atoms with Crippen LogP contribution in [0.5, 0.6) is 0 Å². The van der Waals surface area contributed by atoms with Crippen LogP contribution in [0.3, 0.4) is 0 Å². The molecular formula is C70H119NO18. The van der Waals surface area contributed by atoms with E-state index in [4.69, 9.17) is 28.4 Å². The highest BCUT2D eigenvalue weighted by Gasteiger charge is 2.53. The zero-order chi connectivity index (χ0) is 64.7. The van der Waals surface area contributed by atoms with Crippen molar-refractivity contribution in [1.82, 2.24) is 5.32 Å². The Balaban J connectivity index is 1.24. The second-order valence-electron chi connectivity index (χ2n) is 23.9. The van der Waals surface area contributed by atoms with Crippen molar-refractivity contribution < 1.29 is 89.4 Å². The SMILES string of the molecule is CC/C=C\C/C=C\C/C=C\C/C=C\C/C=C\C/C=C\C/C=C\CCCCCCCCCCCCCCCCCCCC(=O)NC(COC1OC(CO)C(OC2OC(CO)C(OC3OC(CO)C(O)C(O)C3O)C(O)C2O)C(O)C1O)C(O)/C=C/CCCCC. The average molecular weight is 1260 g/mol. The predicted molar refractivity (Wildman–Crippen MR) is 346 cm³/mol. The first kappa shape index (κ1) is 79.9. The Morgan fingerprint density at radius 3 is 1.21 bits per heavy atom. The molecule has 17 unspecified atom stereocenters. The fraction of sp³-hybridized carbons (Fsp3) is 0.757. The quantitative estimate of drug-likeness (QED) is 0.0201. The van der Waals surface area contributed by atoms with Gasteiger partial charge in [-0.1, -0.05) is 220 Å². The number of hydrogen-bond donors (Lipinski definition) is 12. The number of nitrogens with one attached hydrogen (secondary N) is 1. The van der Waals surface area contributed by atoms with Crippen LogP contribution in [-0.2, 0) is 33.2 Å². The van der Waals surface area contributed by atoms with Crippen molar-refractivity contribution in [2.75, 3.05) is 26.4 Å². The molecule has 0 radical (unpaired) electrons. The number of allylic oxidation sites excluding steroid dienone is 15. The Hall–Kier alpha value is -3.29. The van der Waals surface area contributed by atoms with Crippen LogP contribution in [0.15, 0.2) is 97.2 Å². The molecule has 0 bridgehead atoms. The number of carbonyl (C=O) groups excluding carboxylic acids is 1. The summed E-state index contributed by atoms with van der Waals surface area (Å²) in [5, 5.41) is 120. The standard InChI is InChI=1S/C70H119NO18/c1-3-5-7-9-10-11-12-13-14-15-16-17-18-19-20-21-22-23-24-25-26-27-28-29-30-31-32-33-34-35-36-37-38-39-40-41-42-44-46-48-58(76)71-53(54(75)47-45-43-8-6-4-2)52-84-68-64(82)61(79)66(56(50-73)86-68)89-70-65(83)62(80)67(57(51-74)87-70)88-69-63(81)60(78)59(77)55(49-72)85-69/h5,7,10-11,13-14,16-17,19-20,22-23,25-26,45,47,53-57,59-70,72-75,77-83H,3-4,6,8-9,12,15,18,21,24,27-44,46,48-52H2,1-2H3,(H,71,76)/b7-5-,11-10-,14-13-,17-16-,20-19-,23-22-,26-25-,47-45+. The first-order valence-corrected chi connectivity index (χ1v) is 34.0. The van der Waals surface area contributed by atoms with E-state index < -0.39 is 124 Å². The van der Waals surface area contributed by atoms with Crippen LogP contribution in [0.25, 0.3) is 0 Å². The van der Waals surface area contributed by atoms with Gasteiger partial charge in [0.05, 0.1) is 38.6 Å². The first-order valence-electron chi connectivity index (χ1n) is 34.0. The Bertz CT molecular complexity index is 1990. The zero-order valence-electron chi connectivity index (χ0n) is 53.9. The molecule has 0 aliphatic carbocycles. The van der Waals surface area contributed by atoms with Crippen molar-refractivity contribution in [3.8, 4) is 0 Å². The Morgan fingerprint density at radius 2 is 0.775 bits per heavy atom. The first-order chi connectivity index (χ1) is 43.3. The number of carbonyl (C=O) groups is 1. The van der Waals surface area contributed by atoms with E-state index in [1.807, 2.05) is 6.08 Å². The number of ether oxygens (including phenoxy) is 6. The smallest absolute Gasteiger partial charge is 0.220 e. The molecule has 1 amide bonds. The highest BCUT2D eigenvalue weighted by molar-refractivity contribution is 5.76. The molecule has 0 saturated carbocycles. The number of amides is 1. The average Bonchev–Trinajstić information content (AvgIpc) is 2.72. The molecule has 89 heavy (non-hydrogen) atoms. The minimum atomic E-state index is -1.98. The highest BCUT2D eigenvalue weighted by Crippen LogP contribution is 2.33. The van der Waals surface area contributed by atoms with Crippen molar-refractivity contribution >= 4 is 5.91 Å². The third kappa shape index (κ3) is 33.4. The number of unbranched alkanes of at least 4 members (excludes halogenated alkanes) is 20. The van der Waals surface area contributed by atoms with Gasteiger partial charge in [0.1, 0.15) is 73.2 Å². The molecule has 3 fully saturated rings. The van der Waals surface area contributed by atoms with Crippen LogP contribution in [0, 0.1) is 0 Å². The van der Waals surface area contributed by atoms with Gasteiger partial charge in [-0.05, 0) is 77.0 Å².